The number of aryl methyl sites for hydroxylation is 1. The minimum atomic E-state index is -2.97. The first-order valence-corrected chi connectivity index (χ1v) is 4.89. The summed E-state index contributed by atoms with van der Waals surface area (Å²) in [7, 11) is 0. The van der Waals surface area contributed by atoms with Crippen LogP contribution in [0.5, 0.6) is 0 Å². The number of aromatic nitrogens is 3. The lowest BCUT2D eigenvalue weighted by Gasteiger charge is -2.17. The lowest BCUT2D eigenvalue weighted by atomic mass is 10.1. The van der Waals surface area contributed by atoms with E-state index in [-0.39, 0.29) is 13.0 Å². The van der Waals surface area contributed by atoms with Crippen LogP contribution in [0.15, 0.2) is 0 Å². The summed E-state index contributed by atoms with van der Waals surface area (Å²) in [6.45, 7) is 3.01. The highest BCUT2D eigenvalue weighted by atomic mass is 19.3. The third-order valence-corrected chi connectivity index (χ3v) is 2.12. The molecule has 0 bridgehead atoms. The molecule has 0 aliphatic carbocycles. The molecule has 0 aliphatic heterocycles. The number of carboxylic acid groups (broad SMARTS) is 1. The normalized spacial score (nSPS) is 12.1. The lowest BCUT2D eigenvalue weighted by Crippen LogP contribution is -2.22. The minimum Gasteiger partial charge on any atom is -0.476 e. The Hall–Kier alpha value is -1.57. The standard InChI is InChI=1S/C9H13F2N3O3/c1-9(2,17)3-4-14-6(7(10)11)5(8(15)16)12-13-14/h7,17H,3-4H2,1-2H3,(H,15,16). The largest absolute Gasteiger partial charge is 0.476 e. The maximum Gasteiger partial charge on any atom is 0.358 e. The van der Waals surface area contributed by atoms with Crippen LogP contribution in [-0.4, -0.2) is 36.8 Å². The van der Waals surface area contributed by atoms with Gasteiger partial charge < -0.3 is 10.2 Å². The molecule has 1 heterocycles. The summed E-state index contributed by atoms with van der Waals surface area (Å²) in [5, 5.41) is 24.7. The second-order valence-electron chi connectivity index (χ2n) is 4.21. The predicted molar refractivity (Wildman–Crippen MR) is 52.9 cm³/mol. The highest BCUT2D eigenvalue weighted by Crippen LogP contribution is 2.22. The third-order valence-electron chi connectivity index (χ3n) is 2.12. The van der Waals surface area contributed by atoms with Gasteiger partial charge in [-0.05, 0) is 20.3 Å². The van der Waals surface area contributed by atoms with Crippen molar-refractivity contribution in [3.63, 3.8) is 0 Å². The van der Waals surface area contributed by atoms with E-state index in [2.05, 4.69) is 10.3 Å². The molecule has 8 heteroatoms. The maximum atomic E-state index is 12.7. The summed E-state index contributed by atoms with van der Waals surface area (Å²) >= 11 is 0. The van der Waals surface area contributed by atoms with Crippen LogP contribution in [0.1, 0.15) is 42.9 Å². The molecule has 0 fully saturated rings. The molecule has 17 heavy (non-hydrogen) atoms. The summed E-state index contributed by atoms with van der Waals surface area (Å²) in [6, 6.07) is 0. The summed E-state index contributed by atoms with van der Waals surface area (Å²) < 4.78 is 26.2. The van der Waals surface area contributed by atoms with Gasteiger partial charge in [-0.2, -0.15) is 0 Å². The Labute approximate surface area is 95.9 Å². The number of aromatic carboxylic acids is 1. The van der Waals surface area contributed by atoms with Gasteiger partial charge >= 0.3 is 5.97 Å². The van der Waals surface area contributed by atoms with E-state index in [0.717, 1.165) is 4.68 Å². The summed E-state index contributed by atoms with van der Waals surface area (Å²) in [6.07, 6.45) is -2.81. The fourth-order valence-corrected chi connectivity index (χ4v) is 1.23. The minimum absolute atomic E-state index is 0.0244. The smallest absolute Gasteiger partial charge is 0.358 e. The average Bonchev–Trinajstić information content (AvgIpc) is 2.56. The van der Waals surface area contributed by atoms with Gasteiger partial charge in [-0.25, -0.2) is 18.3 Å². The van der Waals surface area contributed by atoms with Crippen molar-refractivity contribution < 1.29 is 23.8 Å². The molecule has 0 atom stereocenters. The van der Waals surface area contributed by atoms with Gasteiger partial charge in [0.15, 0.2) is 5.69 Å². The molecule has 1 aromatic heterocycles. The van der Waals surface area contributed by atoms with E-state index >= 15 is 0 Å². The molecule has 96 valence electrons. The fraction of sp³-hybridized carbons (Fsp3) is 0.667. The Kier molecular flexibility index (Phi) is 3.76. The van der Waals surface area contributed by atoms with Gasteiger partial charge in [0.05, 0.1) is 5.60 Å². The maximum absolute atomic E-state index is 12.7. The van der Waals surface area contributed by atoms with E-state index in [1.54, 1.807) is 0 Å². The summed E-state index contributed by atoms with van der Waals surface area (Å²) in [5.41, 5.74) is -2.54. The highest BCUT2D eigenvalue weighted by Gasteiger charge is 2.26. The van der Waals surface area contributed by atoms with Crippen molar-refractivity contribution in [1.29, 1.82) is 0 Å². The molecule has 1 aromatic rings. The molecule has 0 amide bonds. The zero-order valence-electron chi connectivity index (χ0n) is 9.39. The molecule has 0 unspecified atom stereocenters. The van der Waals surface area contributed by atoms with Gasteiger partial charge in [-0.1, -0.05) is 5.21 Å². The molecular formula is C9H13F2N3O3. The molecule has 0 spiro atoms. The van der Waals surface area contributed by atoms with E-state index in [0.29, 0.717) is 0 Å². The lowest BCUT2D eigenvalue weighted by molar-refractivity contribution is 0.0621. The zero-order chi connectivity index (χ0) is 13.2. The fourth-order valence-electron chi connectivity index (χ4n) is 1.23. The first-order chi connectivity index (χ1) is 7.72. The number of hydrogen-bond acceptors (Lipinski definition) is 4. The quantitative estimate of drug-likeness (QED) is 0.815. The van der Waals surface area contributed by atoms with Crippen molar-refractivity contribution >= 4 is 5.97 Å². The number of rotatable bonds is 5. The van der Waals surface area contributed by atoms with Gasteiger partial charge in [-0.3, -0.25) is 0 Å². The molecule has 0 aromatic carbocycles. The Bertz CT molecular complexity index is 412. The second kappa shape index (κ2) is 4.74. The highest BCUT2D eigenvalue weighted by molar-refractivity contribution is 5.86. The Morgan fingerprint density at radius 2 is 2.12 bits per heavy atom. The number of carbonyl (C=O) groups is 1. The van der Waals surface area contributed by atoms with Crippen molar-refractivity contribution in [2.75, 3.05) is 0 Å². The van der Waals surface area contributed by atoms with E-state index < -0.39 is 29.4 Å². The van der Waals surface area contributed by atoms with Gasteiger partial charge in [0.2, 0.25) is 0 Å². The Morgan fingerprint density at radius 1 is 1.53 bits per heavy atom. The van der Waals surface area contributed by atoms with E-state index in [4.69, 9.17) is 5.11 Å². The number of alkyl halides is 2. The van der Waals surface area contributed by atoms with E-state index in [1.807, 2.05) is 0 Å². The zero-order valence-corrected chi connectivity index (χ0v) is 9.39. The number of nitrogens with zero attached hydrogens (tertiary/aromatic N) is 3. The molecule has 6 nitrogen and oxygen atoms in total. The van der Waals surface area contributed by atoms with Crippen LogP contribution in [-0.2, 0) is 6.54 Å². The van der Waals surface area contributed by atoms with Gasteiger partial charge in [0.25, 0.3) is 6.43 Å². The van der Waals surface area contributed by atoms with Gasteiger partial charge in [0, 0.05) is 6.54 Å². The van der Waals surface area contributed by atoms with Crippen molar-refractivity contribution in [2.45, 2.75) is 38.8 Å². The van der Waals surface area contributed by atoms with Crippen LogP contribution >= 0.6 is 0 Å². The van der Waals surface area contributed by atoms with Crippen molar-refractivity contribution in [1.82, 2.24) is 15.0 Å². The van der Waals surface area contributed by atoms with Crippen LogP contribution in [0, 0.1) is 0 Å². The monoisotopic (exact) mass is 249 g/mol. The molecule has 0 aliphatic rings. The van der Waals surface area contributed by atoms with Crippen molar-refractivity contribution in [3.8, 4) is 0 Å². The molecule has 1 rings (SSSR count). The number of carboxylic acids is 1. The summed E-state index contributed by atoms with van der Waals surface area (Å²) in [4.78, 5) is 10.6. The molecule has 0 saturated heterocycles. The van der Waals surface area contributed by atoms with Crippen LogP contribution in [0.3, 0.4) is 0 Å². The molecular weight excluding hydrogens is 236 g/mol. The topological polar surface area (TPSA) is 88.2 Å². The first kappa shape index (κ1) is 13.5. The second-order valence-corrected chi connectivity index (χ2v) is 4.21. The molecule has 0 saturated carbocycles. The van der Waals surface area contributed by atoms with Crippen LogP contribution < -0.4 is 0 Å². The van der Waals surface area contributed by atoms with Crippen LogP contribution in [0.4, 0.5) is 8.78 Å². The number of halogens is 2. The average molecular weight is 249 g/mol. The van der Waals surface area contributed by atoms with Crippen molar-refractivity contribution in [3.05, 3.63) is 11.4 Å². The molecule has 2 N–H and O–H groups in total. The van der Waals surface area contributed by atoms with Crippen LogP contribution in [0.25, 0.3) is 0 Å². The van der Waals surface area contributed by atoms with E-state index in [1.165, 1.54) is 13.8 Å². The van der Waals surface area contributed by atoms with E-state index in [9.17, 15) is 18.7 Å². The summed E-state index contributed by atoms with van der Waals surface area (Å²) in [5.74, 6) is -1.55. The Morgan fingerprint density at radius 3 is 2.53 bits per heavy atom. The van der Waals surface area contributed by atoms with Gasteiger partial charge in [0.1, 0.15) is 5.69 Å². The Balaban J connectivity index is 2.97. The molecule has 0 radical (unpaired) electrons. The number of aliphatic hydroxyl groups is 1. The van der Waals surface area contributed by atoms with Crippen molar-refractivity contribution in [2.24, 2.45) is 0 Å². The first-order valence-electron chi connectivity index (χ1n) is 4.89. The SMILES string of the molecule is CC(C)(O)CCn1nnc(C(=O)O)c1C(F)F. The van der Waals surface area contributed by atoms with Crippen LogP contribution in [0.2, 0.25) is 0 Å². The van der Waals surface area contributed by atoms with Gasteiger partial charge in [-0.15, -0.1) is 5.10 Å². The predicted octanol–water partition coefficient (Wildman–Crippen LogP) is 1.07. The number of hydrogen-bond donors (Lipinski definition) is 2. The third kappa shape index (κ3) is 3.45.